The van der Waals surface area contributed by atoms with Crippen molar-refractivity contribution in [1.82, 2.24) is 15.5 Å². The van der Waals surface area contributed by atoms with Gasteiger partial charge in [0.15, 0.2) is 5.96 Å². The zero-order valence-electron chi connectivity index (χ0n) is 19.0. The fraction of sp³-hybridized carbons (Fsp3) is 0.750. The second kappa shape index (κ2) is 12.8. The molecule has 32 heavy (non-hydrogen) atoms. The lowest BCUT2D eigenvalue weighted by Crippen LogP contribution is -2.56. The van der Waals surface area contributed by atoms with Gasteiger partial charge in [0.25, 0.3) is 0 Å². The van der Waals surface area contributed by atoms with E-state index < -0.39 is 47.9 Å². The number of carbonyl (C=O) groups excluding carboxylic acids is 3. The Hall–Kier alpha value is -2.89. The second-order valence-electron chi connectivity index (χ2n) is 8.50. The summed E-state index contributed by atoms with van der Waals surface area (Å²) in [6.45, 7) is 5.84. The molecule has 0 aromatic heterocycles. The fourth-order valence-electron chi connectivity index (χ4n) is 3.53. The van der Waals surface area contributed by atoms with Crippen LogP contribution in [-0.4, -0.2) is 76.9 Å². The summed E-state index contributed by atoms with van der Waals surface area (Å²) < 4.78 is 0. The number of rotatable bonds is 12. The Balaban J connectivity index is 2.93. The van der Waals surface area contributed by atoms with Gasteiger partial charge in [0.1, 0.15) is 18.1 Å². The molecule has 3 amide bonds. The third-order valence-electron chi connectivity index (χ3n) is 5.19. The Morgan fingerprint density at radius 1 is 1.16 bits per heavy atom. The molecule has 4 atom stereocenters. The van der Waals surface area contributed by atoms with Crippen LogP contribution in [0.3, 0.4) is 0 Å². The Labute approximate surface area is 188 Å². The van der Waals surface area contributed by atoms with E-state index in [1.54, 1.807) is 0 Å². The summed E-state index contributed by atoms with van der Waals surface area (Å²) >= 11 is 0. The summed E-state index contributed by atoms with van der Waals surface area (Å²) in [7, 11) is 0. The summed E-state index contributed by atoms with van der Waals surface area (Å²) in [5, 5.41) is 14.1. The van der Waals surface area contributed by atoms with Crippen molar-refractivity contribution >= 4 is 29.7 Å². The normalized spacial score (nSPS) is 18.5. The molecule has 182 valence electrons. The molecule has 9 N–H and O–H groups in total. The Morgan fingerprint density at radius 2 is 1.81 bits per heavy atom. The molecule has 1 fully saturated rings. The molecule has 12 heteroatoms. The number of carboxylic acid groups (broad SMARTS) is 1. The van der Waals surface area contributed by atoms with Crippen LogP contribution in [0.5, 0.6) is 0 Å². The SMILES string of the molecule is CC(C)C[C@H](N)C(=O)N[C@@H](CCCN=C(N)N)C(=O)N1CCC[C@H]1C(=O)N[C@H](C)C(=O)O. The Bertz CT molecular complexity index is 708. The number of aliphatic carboxylic acids is 1. The summed E-state index contributed by atoms with van der Waals surface area (Å²) in [6.07, 6.45) is 2.14. The Kier molecular flexibility index (Phi) is 10.9. The van der Waals surface area contributed by atoms with Gasteiger partial charge in [-0.05, 0) is 44.9 Å². The molecule has 0 radical (unpaired) electrons. The van der Waals surface area contributed by atoms with Crippen molar-refractivity contribution in [1.29, 1.82) is 0 Å². The van der Waals surface area contributed by atoms with E-state index in [9.17, 15) is 19.2 Å². The van der Waals surface area contributed by atoms with Crippen LogP contribution in [0.4, 0.5) is 0 Å². The van der Waals surface area contributed by atoms with Crippen LogP contribution >= 0.6 is 0 Å². The smallest absolute Gasteiger partial charge is 0.325 e. The summed E-state index contributed by atoms with van der Waals surface area (Å²) in [5.41, 5.74) is 16.6. The number of aliphatic imine (C=N–C) groups is 1. The van der Waals surface area contributed by atoms with E-state index in [2.05, 4.69) is 15.6 Å². The third-order valence-corrected chi connectivity index (χ3v) is 5.19. The van der Waals surface area contributed by atoms with Crippen LogP contribution in [0.1, 0.15) is 52.9 Å². The minimum Gasteiger partial charge on any atom is -0.480 e. The molecule has 12 nitrogen and oxygen atoms in total. The highest BCUT2D eigenvalue weighted by atomic mass is 16.4. The van der Waals surface area contributed by atoms with E-state index in [-0.39, 0.29) is 24.8 Å². The predicted molar refractivity (Wildman–Crippen MR) is 119 cm³/mol. The number of carboxylic acids is 1. The lowest BCUT2D eigenvalue weighted by Gasteiger charge is -2.29. The topological polar surface area (TPSA) is 206 Å². The highest BCUT2D eigenvalue weighted by molar-refractivity contribution is 5.94. The number of nitrogens with two attached hydrogens (primary N) is 3. The molecule has 0 aromatic rings. The number of hydrogen-bond acceptors (Lipinski definition) is 6. The van der Waals surface area contributed by atoms with Gasteiger partial charge in [0, 0.05) is 13.1 Å². The van der Waals surface area contributed by atoms with Crippen molar-refractivity contribution in [3.63, 3.8) is 0 Å². The summed E-state index contributed by atoms with van der Waals surface area (Å²) in [6, 6.07) is -3.55. The molecule has 1 aliphatic heterocycles. The highest BCUT2D eigenvalue weighted by Gasteiger charge is 2.38. The average molecular weight is 456 g/mol. The predicted octanol–water partition coefficient (Wildman–Crippen LogP) is -1.52. The molecule has 0 spiro atoms. The first-order valence-electron chi connectivity index (χ1n) is 10.9. The van der Waals surface area contributed by atoms with Crippen molar-refractivity contribution in [2.75, 3.05) is 13.1 Å². The first-order valence-corrected chi connectivity index (χ1v) is 10.9. The van der Waals surface area contributed by atoms with Gasteiger partial charge in [-0.3, -0.25) is 24.2 Å². The van der Waals surface area contributed by atoms with E-state index in [0.29, 0.717) is 32.2 Å². The molecule has 1 rings (SSSR count). The van der Waals surface area contributed by atoms with Crippen molar-refractivity contribution in [3.05, 3.63) is 0 Å². The number of guanidine groups is 1. The van der Waals surface area contributed by atoms with E-state index >= 15 is 0 Å². The van der Waals surface area contributed by atoms with Gasteiger partial charge >= 0.3 is 5.97 Å². The minimum atomic E-state index is -1.17. The van der Waals surface area contributed by atoms with Crippen LogP contribution in [0, 0.1) is 5.92 Å². The van der Waals surface area contributed by atoms with E-state index in [4.69, 9.17) is 22.3 Å². The zero-order chi connectivity index (χ0) is 24.4. The number of nitrogens with zero attached hydrogens (tertiary/aromatic N) is 2. The first kappa shape index (κ1) is 27.1. The summed E-state index contributed by atoms with van der Waals surface area (Å²) in [5.74, 6) is -2.43. The van der Waals surface area contributed by atoms with E-state index in [1.165, 1.54) is 11.8 Å². The van der Waals surface area contributed by atoms with Gasteiger partial charge in [0.05, 0.1) is 6.04 Å². The summed E-state index contributed by atoms with van der Waals surface area (Å²) in [4.78, 5) is 54.7. The van der Waals surface area contributed by atoms with Gasteiger partial charge < -0.3 is 37.8 Å². The van der Waals surface area contributed by atoms with Crippen molar-refractivity contribution in [2.45, 2.75) is 77.0 Å². The van der Waals surface area contributed by atoms with Gasteiger partial charge in [-0.1, -0.05) is 13.8 Å². The molecule has 1 aliphatic rings. The zero-order valence-corrected chi connectivity index (χ0v) is 19.0. The highest BCUT2D eigenvalue weighted by Crippen LogP contribution is 2.20. The van der Waals surface area contributed by atoms with Crippen molar-refractivity contribution in [3.8, 4) is 0 Å². The van der Waals surface area contributed by atoms with Gasteiger partial charge in [0.2, 0.25) is 17.7 Å². The monoisotopic (exact) mass is 455 g/mol. The van der Waals surface area contributed by atoms with Gasteiger partial charge in [-0.2, -0.15) is 0 Å². The van der Waals surface area contributed by atoms with Crippen LogP contribution in [0.25, 0.3) is 0 Å². The minimum absolute atomic E-state index is 0.0697. The van der Waals surface area contributed by atoms with Crippen LogP contribution in [0.2, 0.25) is 0 Å². The maximum absolute atomic E-state index is 13.3. The quantitative estimate of drug-likeness (QED) is 0.115. The molecule has 0 unspecified atom stereocenters. The molecule has 0 saturated carbocycles. The number of hydrogen-bond donors (Lipinski definition) is 6. The van der Waals surface area contributed by atoms with Crippen molar-refractivity contribution in [2.24, 2.45) is 28.1 Å². The molecular formula is C20H37N7O5. The molecule has 1 saturated heterocycles. The lowest BCUT2D eigenvalue weighted by atomic mass is 10.0. The van der Waals surface area contributed by atoms with E-state index in [1.807, 2.05) is 13.8 Å². The van der Waals surface area contributed by atoms with Gasteiger partial charge in [-0.25, -0.2) is 0 Å². The fourth-order valence-corrected chi connectivity index (χ4v) is 3.53. The maximum Gasteiger partial charge on any atom is 0.325 e. The average Bonchev–Trinajstić information content (AvgIpc) is 3.18. The van der Waals surface area contributed by atoms with Crippen molar-refractivity contribution < 1.29 is 24.3 Å². The van der Waals surface area contributed by atoms with Crippen LogP contribution in [0.15, 0.2) is 4.99 Å². The third kappa shape index (κ3) is 8.69. The largest absolute Gasteiger partial charge is 0.480 e. The molecule has 1 heterocycles. The molecular weight excluding hydrogens is 418 g/mol. The standard InChI is InChI=1S/C20H37N7O5/c1-11(2)10-13(21)16(28)26-14(6-4-8-24-20(22)23)18(30)27-9-5-7-15(27)17(29)25-12(3)19(31)32/h11-15H,4-10,21H2,1-3H3,(H,25,29)(H,26,28)(H,31,32)(H4,22,23,24)/t12-,13+,14+,15+/m1/s1. The number of likely N-dealkylation sites (tertiary alicyclic amines) is 1. The number of carbonyl (C=O) groups is 4. The molecule has 0 bridgehead atoms. The van der Waals surface area contributed by atoms with Crippen LogP contribution in [-0.2, 0) is 19.2 Å². The van der Waals surface area contributed by atoms with Crippen LogP contribution < -0.4 is 27.8 Å². The second-order valence-corrected chi connectivity index (χ2v) is 8.50. The molecule has 0 aromatic carbocycles. The molecule has 0 aliphatic carbocycles. The lowest BCUT2D eigenvalue weighted by molar-refractivity contribution is -0.144. The maximum atomic E-state index is 13.3. The number of nitrogens with one attached hydrogen (secondary N) is 2. The number of amides is 3. The first-order chi connectivity index (χ1) is 14.9. The van der Waals surface area contributed by atoms with Gasteiger partial charge in [-0.15, -0.1) is 0 Å². The van der Waals surface area contributed by atoms with E-state index in [0.717, 1.165) is 0 Å². The Morgan fingerprint density at radius 3 is 2.38 bits per heavy atom.